The largest absolute Gasteiger partial charge is 0.435 e. The first-order chi connectivity index (χ1) is 16.6. The van der Waals surface area contributed by atoms with Crippen LogP contribution in [0.2, 0.25) is 10.0 Å². The number of carbonyl (C=O) groups excluding carboxylic acids is 1. The van der Waals surface area contributed by atoms with E-state index < -0.39 is 23.6 Å². The molecular formula is C23H19Cl2F4N5O. The second-order valence-corrected chi connectivity index (χ2v) is 8.85. The summed E-state index contributed by atoms with van der Waals surface area (Å²) in [6, 6.07) is 10.2. The van der Waals surface area contributed by atoms with Crippen molar-refractivity contribution >= 4 is 46.6 Å². The SMILES string of the molecule is O=C(N/C(=N\c1cc(C(F)(F)F)nn1C1CCCC1)Nc1cc(F)cc(Cl)c1)c1cccc(Cl)c1. The third-order valence-electron chi connectivity index (χ3n) is 5.35. The van der Waals surface area contributed by atoms with Gasteiger partial charge in [0.25, 0.3) is 5.91 Å². The molecule has 0 bridgehead atoms. The Bertz CT molecular complexity index is 1250. The second-order valence-electron chi connectivity index (χ2n) is 7.98. The lowest BCUT2D eigenvalue weighted by molar-refractivity contribution is -0.141. The van der Waals surface area contributed by atoms with Crippen LogP contribution in [0.3, 0.4) is 0 Å². The van der Waals surface area contributed by atoms with Gasteiger partial charge in [0.2, 0.25) is 5.96 Å². The molecule has 1 aliphatic rings. The Labute approximate surface area is 207 Å². The highest BCUT2D eigenvalue weighted by atomic mass is 35.5. The Morgan fingerprint density at radius 3 is 2.46 bits per heavy atom. The lowest BCUT2D eigenvalue weighted by Crippen LogP contribution is -2.36. The van der Waals surface area contributed by atoms with Crippen LogP contribution in [0.25, 0.3) is 0 Å². The topological polar surface area (TPSA) is 71.3 Å². The van der Waals surface area contributed by atoms with E-state index in [0.29, 0.717) is 17.9 Å². The van der Waals surface area contributed by atoms with Crippen LogP contribution in [0.1, 0.15) is 47.8 Å². The number of halogens is 6. The number of nitrogens with one attached hydrogen (secondary N) is 2. The van der Waals surface area contributed by atoms with E-state index in [-0.39, 0.29) is 34.1 Å². The quantitative estimate of drug-likeness (QED) is 0.218. The average molecular weight is 528 g/mol. The van der Waals surface area contributed by atoms with Crippen LogP contribution < -0.4 is 10.6 Å². The number of carbonyl (C=O) groups is 1. The minimum atomic E-state index is -4.68. The maximum atomic E-state index is 13.9. The maximum Gasteiger partial charge on any atom is 0.435 e. The Morgan fingerprint density at radius 2 is 1.80 bits per heavy atom. The summed E-state index contributed by atoms with van der Waals surface area (Å²) in [6.45, 7) is 0. The molecule has 1 saturated carbocycles. The smallest absolute Gasteiger partial charge is 0.325 e. The summed E-state index contributed by atoms with van der Waals surface area (Å²) in [4.78, 5) is 17.1. The number of rotatable bonds is 4. The average Bonchev–Trinajstić information content (AvgIpc) is 3.42. The van der Waals surface area contributed by atoms with Crippen LogP contribution in [0.4, 0.5) is 29.1 Å². The van der Waals surface area contributed by atoms with Gasteiger partial charge in [0.1, 0.15) is 5.82 Å². The molecule has 3 aromatic rings. The molecule has 1 heterocycles. The van der Waals surface area contributed by atoms with E-state index in [9.17, 15) is 22.4 Å². The molecule has 1 fully saturated rings. The van der Waals surface area contributed by atoms with Crippen LogP contribution in [0.15, 0.2) is 53.5 Å². The van der Waals surface area contributed by atoms with Gasteiger partial charge in [0.05, 0.1) is 6.04 Å². The molecule has 0 radical (unpaired) electrons. The van der Waals surface area contributed by atoms with Crippen molar-refractivity contribution in [1.82, 2.24) is 15.1 Å². The van der Waals surface area contributed by atoms with Gasteiger partial charge in [-0.1, -0.05) is 42.1 Å². The molecule has 2 N–H and O–H groups in total. The van der Waals surface area contributed by atoms with Gasteiger partial charge in [-0.2, -0.15) is 23.3 Å². The highest BCUT2D eigenvalue weighted by molar-refractivity contribution is 6.31. The zero-order valence-electron chi connectivity index (χ0n) is 18.0. The van der Waals surface area contributed by atoms with E-state index in [1.165, 1.54) is 22.9 Å². The van der Waals surface area contributed by atoms with Gasteiger partial charge in [0.15, 0.2) is 11.5 Å². The molecule has 184 valence electrons. The van der Waals surface area contributed by atoms with E-state index in [1.54, 1.807) is 12.1 Å². The molecule has 0 saturated heterocycles. The summed E-state index contributed by atoms with van der Waals surface area (Å²) in [5.41, 5.74) is -0.787. The highest BCUT2D eigenvalue weighted by Crippen LogP contribution is 2.37. The zero-order chi connectivity index (χ0) is 25.2. The summed E-state index contributed by atoms with van der Waals surface area (Å²) in [6.07, 6.45) is -1.67. The number of hydrogen-bond donors (Lipinski definition) is 2. The van der Waals surface area contributed by atoms with Crippen molar-refractivity contribution in [1.29, 1.82) is 0 Å². The van der Waals surface area contributed by atoms with Gasteiger partial charge in [0, 0.05) is 27.4 Å². The van der Waals surface area contributed by atoms with E-state index in [1.807, 2.05) is 0 Å². The number of aliphatic imine (C=N–C) groups is 1. The highest BCUT2D eigenvalue weighted by Gasteiger charge is 2.36. The standard InChI is InChI=1S/C23H19Cl2F4N5O/c24-14-5-3-4-13(8-14)21(35)32-22(30-17-10-15(25)9-16(26)11-17)31-20-12-19(23(27,28)29)33-34(20)18-6-1-2-7-18/h3-5,8-12,18H,1-2,6-7H2,(H2,30,31,32,35). The number of guanidine groups is 1. The Kier molecular flexibility index (Phi) is 7.32. The summed E-state index contributed by atoms with van der Waals surface area (Å²) in [7, 11) is 0. The summed E-state index contributed by atoms with van der Waals surface area (Å²) >= 11 is 11.9. The number of benzene rings is 2. The Balaban J connectivity index is 1.75. The molecular weight excluding hydrogens is 509 g/mol. The van der Waals surface area contributed by atoms with Crippen molar-refractivity contribution < 1.29 is 22.4 Å². The first kappa shape index (κ1) is 25.0. The molecule has 1 aromatic heterocycles. The predicted octanol–water partition coefficient (Wildman–Crippen LogP) is 6.99. The Hall–Kier alpha value is -3.11. The second kappa shape index (κ2) is 10.2. The minimum absolute atomic E-state index is 0.0726. The number of nitrogens with zero attached hydrogens (tertiary/aromatic N) is 3. The number of amides is 1. The van der Waals surface area contributed by atoms with Crippen LogP contribution in [-0.2, 0) is 6.18 Å². The molecule has 0 aliphatic heterocycles. The van der Waals surface area contributed by atoms with Gasteiger partial charge < -0.3 is 5.32 Å². The fourth-order valence-corrected chi connectivity index (χ4v) is 4.21. The third-order valence-corrected chi connectivity index (χ3v) is 5.80. The van der Waals surface area contributed by atoms with Crippen LogP contribution in [0, 0.1) is 5.82 Å². The van der Waals surface area contributed by atoms with Gasteiger partial charge in [-0.15, -0.1) is 0 Å². The number of alkyl halides is 3. The number of aromatic nitrogens is 2. The molecule has 0 atom stereocenters. The predicted molar refractivity (Wildman–Crippen MR) is 126 cm³/mol. The monoisotopic (exact) mass is 527 g/mol. The maximum absolute atomic E-state index is 13.9. The fraction of sp³-hybridized carbons (Fsp3) is 0.261. The zero-order valence-corrected chi connectivity index (χ0v) is 19.6. The van der Waals surface area contributed by atoms with Crippen LogP contribution in [0.5, 0.6) is 0 Å². The van der Waals surface area contributed by atoms with Crippen LogP contribution in [-0.4, -0.2) is 21.6 Å². The molecule has 12 heteroatoms. The molecule has 2 aromatic carbocycles. The third kappa shape index (κ3) is 6.32. The van der Waals surface area contributed by atoms with E-state index in [0.717, 1.165) is 31.0 Å². The lowest BCUT2D eigenvalue weighted by atomic mass is 10.2. The first-order valence-electron chi connectivity index (χ1n) is 10.6. The van der Waals surface area contributed by atoms with E-state index >= 15 is 0 Å². The number of anilines is 1. The van der Waals surface area contributed by atoms with Crippen molar-refractivity contribution in [3.8, 4) is 0 Å². The summed E-state index contributed by atoms with van der Waals surface area (Å²) in [5, 5.41) is 9.38. The minimum Gasteiger partial charge on any atom is -0.325 e. The summed E-state index contributed by atoms with van der Waals surface area (Å²) in [5.74, 6) is -1.65. The van der Waals surface area contributed by atoms with Gasteiger partial charge in [-0.25, -0.2) is 9.07 Å². The van der Waals surface area contributed by atoms with Crippen molar-refractivity contribution in [2.45, 2.75) is 37.9 Å². The fourth-order valence-electron chi connectivity index (χ4n) is 3.80. The molecule has 1 aliphatic carbocycles. The van der Waals surface area contributed by atoms with Gasteiger partial charge in [-0.3, -0.25) is 10.1 Å². The van der Waals surface area contributed by atoms with Gasteiger partial charge in [-0.05, 0) is 49.2 Å². The van der Waals surface area contributed by atoms with E-state index in [2.05, 4.69) is 20.7 Å². The lowest BCUT2D eigenvalue weighted by Gasteiger charge is -2.15. The van der Waals surface area contributed by atoms with E-state index in [4.69, 9.17) is 23.2 Å². The summed E-state index contributed by atoms with van der Waals surface area (Å²) < 4.78 is 55.4. The molecule has 6 nitrogen and oxygen atoms in total. The van der Waals surface area contributed by atoms with Crippen LogP contribution >= 0.6 is 23.2 Å². The first-order valence-corrected chi connectivity index (χ1v) is 11.4. The van der Waals surface area contributed by atoms with Crippen molar-refractivity contribution in [2.24, 2.45) is 4.99 Å². The normalized spacial score (nSPS) is 14.9. The molecule has 0 spiro atoms. The molecule has 0 unspecified atom stereocenters. The van der Waals surface area contributed by atoms with Gasteiger partial charge >= 0.3 is 6.18 Å². The number of hydrogen-bond acceptors (Lipinski definition) is 3. The molecule has 1 amide bonds. The van der Waals surface area contributed by atoms with Crippen molar-refractivity contribution in [3.63, 3.8) is 0 Å². The van der Waals surface area contributed by atoms with Crippen molar-refractivity contribution in [2.75, 3.05) is 5.32 Å². The molecule has 35 heavy (non-hydrogen) atoms. The van der Waals surface area contributed by atoms with Crippen molar-refractivity contribution in [3.05, 3.63) is 75.7 Å². The Morgan fingerprint density at radius 1 is 1.06 bits per heavy atom. The molecule has 4 rings (SSSR count).